The lowest BCUT2D eigenvalue weighted by molar-refractivity contribution is 0.0393. The number of halogens is 1. The fourth-order valence-electron chi connectivity index (χ4n) is 2.23. The maximum atomic E-state index is 14.1. The van der Waals surface area contributed by atoms with Crippen LogP contribution in [0.4, 0.5) is 4.39 Å². The second-order valence-electron chi connectivity index (χ2n) is 4.54. The van der Waals surface area contributed by atoms with Gasteiger partial charge >= 0.3 is 0 Å². The van der Waals surface area contributed by atoms with Crippen LogP contribution in [0.5, 0.6) is 5.88 Å². The molecular formula is C13H19FN2O2. The Balaban J connectivity index is 2.19. The standard InChI is InChI=1S/C13H19FN2O2/c1-3-17-13-11(14)9(6-7-16-13)12(15)10-5-4-8(2)18-10/h6-8,10,12H,3-5,15H2,1-2H3. The minimum absolute atomic E-state index is 0.0106. The van der Waals surface area contributed by atoms with Gasteiger partial charge in [0.2, 0.25) is 0 Å². The molecule has 1 saturated heterocycles. The van der Waals surface area contributed by atoms with Crippen molar-refractivity contribution in [2.75, 3.05) is 6.61 Å². The number of rotatable bonds is 4. The smallest absolute Gasteiger partial charge is 0.250 e. The Morgan fingerprint density at radius 3 is 3.00 bits per heavy atom. The molecule has 2 N–H and O–H groups in total. The van der Waals surface area contributed by atoms with Gasteiger partial charge in [-0.05, 0) is 32.8 Å². The van der Waals surface area contributed by atoms with Crippen LogP contribution in [0.1, 0.15) is 38.3 Å². The molecule has 1 aliphatic rings. The van der Waals surface area contributed by atoms with Crippen LogP contribution in [-0.2, 0) is 4.74 Å². The third-order valence-electron chi connectivity index (χ3n) is 3.19. The summed E-state index contributed by atoms with van der Waals surface area (Å²) in [6, 6.07) is 1.12. The molecule has 2 heterocycles. The second kappa shape index (κ2) is 5.63. The van der Waals surface area contributed by atoms with E-state index in [0.717, 1.165) is 12.8 Å². The minimum Gasteiger partial charge on any atom is -0.476 e. The summed E-state index contributed by atoms with van der Waals surface area (Å²) in [6.07, 6.45) is 3.39. The second-order valence-corrected chi connectivity index (χ2v) is 4.54. The van der Waals surface area contributed by atoms with Crippen LogP contribution >= 0.6 is 0 Å². The lowest BCUT2D eigenvalue weighted by Crippen LogP contribution is -2.27. The van der Waals surface area contributed by atoms with Crippen LogP contribution in [0.3, 0.4) is 0 Å². The van der Waals surface area contributed by atoms with Crippen LogP contribution < -0.4 is 10.5 Å². The van der Waals surface area contributed by atoms with E-state index in [9.17, 15) is 4.39 Å². The fourth-order valence-corrected chi connectivity index (χ4v) is 2.23. The first-order valence-electron chi connectivity index (χ1n) is 6.31. The summed E-state index contributed by atoms with van der Waals surface area (Å²) in [5.74, 6) is -0.466. The first-order valence-corrected chi connectivity index (χ1v) is 6.31. The van der Waals surface area contributed by atoms with Crippen LogP contribution in [0.25, 0.3) is 0 Å². The maximum Gasteiger partial charge on any atom is 0.250 e. The van der Waals surface area contributed by atoms with Gasteiger partial charge in [0.1, 0.15) is 0 Å². The van der Waals surface area contributed by atoms with Crippen molar-refractivity contribution in [3.63, 3.8) is 0 Å². The van der Waals surface area contributed by atoms with E-state index in [-0.39, 0.29) is 18.1 Å². The van der Waals surface area contributed by atoms with Gasteiger partial charge in [0.05, 0.1) is 24.9 Å². The van der Waals surface area contributed by atoms with Gasteiger partial charge in [0, 0.05) is 11.8 Å². The lowest BCUT2D eigenvalue weighted by atomic mass is 10.0. The molecule has 2 rings (SSSR count). The van der Waals surface area contributed by atoms with Gasteiger partial charge in [0.25, 0.3) is 5.88 Å². The molecule has 5 heteroatoms. The molecular weight excluding hydrogens is 235 g/mol. The monoisotopic (exact) mass is 254 g/mol. The van der Waals surface area contributed by atoms with Gasteiger partial charge < -0.3 is 15.2 Å². The Morgan fingerprint density at radius 2 is 2.39 bits per heavy atom. The fraction of sp³-hybridized carbons (Fsp3) is 0.615. The van der Waals surface area contributed by atoms with Crippen molar-refractivity contribution in [3.05, 3.63) is 23.6 Å². The molecule has 4 nitrogen and oxygen atoms in total. The van der Waals surface area contributed by atoms with Crippen LogP contribution in [0.2, 0.25) is 0 Å². The Labute approximate surface area is 106 Å². The molecule has 0 bridgehead atoms. The van der Waals surface area contributed by atoms with E-state index in [4.69, 9.17) is 15.2 Å². The van der Waals surface area contributed by atoms with Crippen LogP contribution in [-0.4, -0.2) is 23.8 Å². The number of hydrogen-bond acceptors (Lipinski definition) is 4. The van der Waals surface area contributed by atoms with Gasteiger partial charge in [-0.1, -0.05) is 0 Å². The zero-order chi connectivity index (χ0) is 13.1. The summed E-state index contributed by atoms with van der Waals surface area (Å²) in [5, 5.41) is 0. The van der Waals surface area contributed by atoms with Crippen molar-refractivity contribution in [2.45, 2.75) is 44.9 Å². The van der Waals surface area contributed by atoms with Crippen molar-refractivity contribution in [1.82, 2.24) is 4.98 Å². The normalized spacial score (nSPS) is 25.1. The molecule has 0 spiro atoms. The molecule has 1 aliphatic heterocycles. The highest BCUT2D eigenvalue weighted by Crippen LogP contribution is 2.31. The summed E-state index contributed by atoms with van der Waals surface area (Å²) in [5.41, 5.74) is 6.49. The molecule has 0 amide bonds. The van der Waals surface area contributed by atoms with E-state index < -0.39 is 11.9 Å². The number of aromatic nitrogens is 1. The van der Waals surface area contributed by atoms with E-state index in [1.54, 1.807) is 13.0 Å². The third-order valence-corrected chi connectivity index (χ3v) is 3.19. The summed E-state index contributed by atoms with van der Waals surface area (Å²) < 4.78 is 24.9. The highest BCUT2D eigenvalue weighted by molar-refractivity contribution is 5.27. The number of ether oxygens (including phenoxy) is 2. The predicted octanol–water partition coefficient (Wildman–Crippen LogP) is 2.19. The van der Waals surface area contributed by atoms with E-state index in [1.807, 2.05) is 6.92 Å². The average Bonchev–Trinajstić information content (AvgIpc) is 2.78. The molecule has 0 saturated carbocycles. The molecule has 3 atom stereocenters. The average molecular weight is 254 g/mol. The largest absolute Gasteiger partial charge is 0.476 e. The molecule has 0 radical (unpaired) electrons. The number of nitrogens with zero attached hydrogens (tertiary/aromatic N) is 1. The number of hydrogen-bond donors (Lipinski definition) is 1. The van der Waals surface area contributed by atoms with Crippen molar-refractivity contribution >= 4 is 0 Å². The van der Waals surface area contributed by atoms with Crippen molar-refractivity contribution < 1.29 is 13.9 Å². The Morgan fingerprint density at radius 1 is 1.61 bits per heavy atom. The molecule has 18 heavy (non-hydrogen) atoms. The van der Waals surface area contributed by atoms with E-state index in [1.165, 1.54) is 6.20 Å². The molecule has 100 valence electrons. The number of pyridine rings is 1. The van der Waals surface area contributed by atoms with Crippen molar-refractivity contribution in [1.29, 1.82) is 0 Å². The van der Waals surface area contributed by atoms with Gasteiger partial charge in [-0.25, -0.2) is 9.37 Å². The minimum atomic E-state index is -0.477. The zero-order valence-corrected chi connectivity index (χ0v) is 10.7. The molecule has 0 aromatic carbocycles. The predicted molar refractivity (Wildman–Crippen MR) is 65.9 cm³/mol. The Bertz CT molecular complexity index is 414. The van der Waals surface area contributed by atoms with E-state index in [0.29, 0.717) is 12.2 Å². The van der Waals surface area contributed by atoms with Crippen LogP contribution in [0.15, 0.2) is 12.3 Å². The first-order chi connectivity index (χ1) is 8.63. The molecule has 1 aromatic heterocycles. The van der Waals surface area contributed by atoms with Crippen LogP contribution in [0, 0.1) is 5.82 Å². The quantitative estimate of drug-likeness (QED) is 0.894. The summed E-state index contributed by atoms with van der Waals surface area (Å²) in [7, 11) is 0. The highest BCUT2D eigenvalue weighted by atomic mass is 19.1. The first kappa shape index (κ1) is 13.2. The van der Waals surface area contributed by atoms with Gasteiger partial charge in [-0.15, -0.1) is 0 Å². The van der Waals surface area contributed by atoms with E-state index in [2.05, 4.69) is 4.98 Å². The lowest BCUT2D eigenvalue weighted by Gasteiger charge is -2.20. The van der Waals surface area contributed by atoms with Gasteiger partial charge in [-0.3, -0.25) is 0 Å². The van der Waals surface area contributed by atoms with Gasteiger partial charge in [0.15, 0.2) is 5.82 Å². The molecule has 0 aliphatic carbocycles. The molecule has 1 fully saturated rings. The van der Waals surface area contributed by atoms with Crippen molar-refractivity contribution in [3.8, 4) is 5.88 Å². The Hall–Kier alpha value is -1.20. The van der Waals surface area contributed by atoms with E-state index >= 15 is 0 Å². The Kier molecular flexibility index (Phi) is 4.14. The summed E-state index contributed by atoms with van der Waals surface area (Å²) >= 11 is 0. The van der Waals surface area contributed by atoms with Crippen molar-refractivity contribution in [2.24, 2.45) is 5.73 Å². The summed E-state index contributed by atoms with van der Waals surface area (Å²) in [6.45, 7) is 4.16. The van der Waals surface area contributed by atoms with Gasteiger partial charge in [-0.2, -0.15) is 0 Å². The molecule has 3 unspecified atom stereocenters. The SMILES string of the molecule is CCOc1nccc(C(N)C2CCC(C)O2)c1F. The number of nitrogens with two attached hydrogens (primary N) is 1. The topological polar surface area (TPSA) is 57.4 Å². The maximum absolute atomic E-state index is 14.1. The zero-order valence-electron chi connectivity index (χ0n) is 10.7. The third kappa shape index (κ3) is 2.62. The summed E-state index contributed by atoms with van der Waals surface area (Å²) in [4.78, 5) is 3.86. The highest BCUT2D eigenvalue weighted by Gasteiger charge is 2.30. The molecule has 1 aromatic rings.